The average Bonchev–Trinajstić information content (AvgIpc) is 1.45. The Morgan fingerprint density at radius 2 is 0.964 bits per heavy atom. The molecule has 0 spiro atoms. The van der Waals surface area contributed by atoms with E-state index in [9.17, 15) is 80.5 Å². The second-order valence-electron chi connectivity index (χ2n) is 39.4. The van der Waals surface area contributed by atoms with Crippen molar-refractivity contribution < 1.29 is 142 Å². The van der Waals surface area contributed by atoms with Crippen molar-refractivity contribution in [2.75, 3.05) is 0 Å². The molecule has 0 aromatic heterocycles. The average molecular weight is 1740 g/mol. The summed E-state index contributed by atoms with van der Waals surface area (Å²) in [5, 5.41) is -2.77. The molecule has 0 amide bonds. The van der Waals surface area contributed by atoms with Gasteiger partial charge in [0.25, 0.3) is 80.9 Å². The van der Waals surface area contributed by atoms with Gasteiger partial charge < -0.3 is 28.4 Å². The maximum absolute atomic E-state index is 13.1. The van der Waals surface area contributed by atoms with Gasteiger partial charge in [0.1, 0.15) is 103 Å². The molecule has 20 aliphatic heterocycles. The zero-order valence-corrected chi connectivity index (χ0v) is 71.9. The summed E-state index contributed by atoms with van der Waals surface area (Å²) in [5.74, 6) is 0.196. The van der Waals surface area contributed by atoms with Crippen LogP contribution in [0, 0.1) is 74.9 Å². The molecule has 39 unspecified atom stereocenters. The SMILES string of the molecule is CC1(C)C2CC3C(O2)C1OS3(=O)=O.CC1C2(C)CC3C1(C)C(C)(OS3(=O)=O)C2(C)C.CC1C2CC3C(C)(O2)C1OS3(=O)=O.CC1C2CC3C(O2)C1(C)OS3(=O)=O.CC1C2CC3C(O2)C1OS3(=O)=O.CC1C2CC3C1OS(=O)(=O)C3(C(F)(F)F)C2.CC1C2OS(=O)(=O)C3CC1(C)OC23.CC1C2OS(=O)(=O)C3CC1(C)OC23C. The highest BCUT2D eigenvalue weighted by Gasteiger charge is 2.87. The van der Waals surface area contributed by atoms with E-state index in [4.69, 9.17) is 61.9 Å². The molecule has 41 heteroatoms. The van der Waals surface area contributed by atoms with E-state index in [2.05, 4.69) is 34.6 Å². The van der Waals surface area contributed by atoms with Crippen molar-refractivity contribution in [3.8, 4) is 0 Å². The van der Waals surface area contributed by atoms with Crippen molar-refractivity contribution in [3.05, 3.63) is 0 Å². The minimum Gasteiger partial charge on any atom is -0.370 e. The van der Waals surface area contributed by atoms with Crippen LogP contribution in [0.25, 0.3) is 0 Å². The maximum atomic E-state index is 13.1. The van der Waals surface area contributed by atoms with Gasteiger partial charge >= 0.3 is 6.18 Å². The Bertz CT molecular complexity index is 4920. The van der Waals surface area contributed by atoms with E-state index in [1.54, 1.807) is 6.92 Å². The first-order valence-electron chi connectivity index (χ1n) is 38.8. The molecular formula is C70H105F3O30S8. The third-order valence-corrected chi connectivity index (χ3v) is 48.8. The van der Waals surface area contributed by atoms with Gasteiger partial charge in [-0.25, -0.2) is 0 Å². The van der Waals surface area contributed by atoms with E-state index in [0.717, 1.165) is 6.42 Å². The summed E-state index contributed by atoms with van der Waals surface area (Å²) in [7, 11) is -27.9. The van der Waals surface area contributed by atoms with Crippen LogP contribution in [0.5, 0.6) is 0 Å². The normalized spacial score (nSPS) is 59.7. The summed E-state index contributed by atoms with van der Waals surface area (Å²) in [5.41, 5.74) is -3.37. The Hall–Kier alpha value is -1.17. The lowest BCUT2D eigenvalue weighted by Crippen LogP contribution is -2.54. The van der Waals surface area contributed by atoms with E-state index >= 15 is 0 Å². The predicted molar refractivity (Wildman–Crippen MR) is 382 cm³/mol. The van der Waals surface area contributed by atoms with E-state index in [1.807, 2.05) is 90.0 Å². The van der Waals surface area contributed by atoms with E-state index in [-0.39, 0.29) is 171 Å². The standard InChI is InChI=1S/C13H22O3S.C9H11F3O3S.C9H14O4S.4C8H12O4S.C7H10O4S/c1-8-11(4)7-9-12(8,5)13(6,10(11,2)3)16-17(9,14)15;1-4-5-2-6-7(4)15-16(13,14)8(6,3-5)9(10,11)12;1-5-7-9(3)6(14(10,11)12-7)4-8(5,2)13-9;1-8(2)5-3-4-6(11-5)7(8)12-13(4,9)10;1-4-6-7-5(13(9,10)12-6)3-8(4,2)11-7;1-4-5-3-6-7(11-5)8(4,2)12-13(6,9)10;1-4-5-3-6-8(2,11-5)7(4)12-13(6,9)10;1-3-4-2-5-7(10-4)6(3)11-12(5,8)9/h8-9H,7H2,1-6H3;4-7H,2-3H2,1H3;5-7H,4H2,1-3H3;4*4-7H,3H2,1-2H3;3-7H,2H2,1H3. The van der Waals surface area contributed by atoms with Crippen LogP contribution in [-0.2, 0) is 143 Å². The molecule has 39 atom stereocenters. The summed E-state index contributed by atoms with van der Waals surface area (Å²) in [6.07, 6.45) is -2.77. The monoisotopic (exact) mass is 1740 g/mol. The summed E-state index contributed by atoms with van der Waals surface area (Å²) >= 11 is 0. The molecule has 20 heterocycles. The van der Waals surface area contributed by atoms with Gasteiger partial charge in [-0.1, -0.05) is 90.0 Å². The van der Waals surface area contributed by atoms with Crippen LogP contribution in [0.3, 0.4) is 0 Å². The first-order valence-corrected chi connectivity index (χ1v) is 50.5. The Morgan fingerprint density at radius 1 is 0.378 bits per heavy atom. The lowest BCUT2D eigenvalue weighted by Gasteiger charge is -2.49. The molecule has 4 aliphatic carbocycles. The molecule has 0 radical (unpaired) electrons. The highest BCUT2D eigenvalue weighted by atomic mass is 32.3. The minimum atomic E-state index is -4.72. The molecule has 0 aromatic rings. The van der Waals surface area contributed by atoms with Crippen molar-refractivity contribution in [2.45, 2.75) is 356 Å². The van der Waals surface area contributed by atoms with Gasteiger partial charge in [0, 0.05) is 51.8 Å². The molecule has 4 saturated carbocycles. The van der Waals surface area contributed by atoms with E-state index in [0.29, 0.717) is 50.9 Å². The molecule has 0 N–H and O–H groups in total. The van der Waals surface area contributed by atoms with Gasteiger partial charge in [-0.2, -0.15) is 80.5 Å². The zero-order valence-electron chi connectivity index (χ0n) is 65.3. The van der Waals surface area contributed by atoms with Gasteiger partial charge in [0.15, 0.2) is 4.75 Å². The first kappa shape index (κ1) is 82.2. The minimum absolute atomic E-state index is 0.0464. The maximum Gasteiger partial charge on any atom is 0.410 e. The van der Waals surface area contributed by atoms with Crippen LogP contribution >= 0.6 is 0 Å². The van der Waals surface area contributed by atoms with Gasteiger partial charge in [0.2, 0.25) is 0 Å². The van der Waals surface area contributed by atoms with E-state index < -0.39 is 153 Å². The summed E-state index contributed by atoms with van der Waals surface area (Å²) in [4.78, 5) is 0. The second kappa shape index (κ2) is 23.5. The number of rotatable bonds is 0. The number of fused-ring (bicyclic) bond motifs is 8. The smallest absolute Gasteiger partial charge is 0.370 e. The van der Waals surface area contributed by atoms with Gasteiger partial charge in [0.05, 0.1) is 52.6 Å². The Labute approximate surface area is 650 Å². The summed E-state index contributed by atoms with van der Waals surface area (Å²) in [6.45, 7) is 38.3. The van der Waals surface area contributed by atoms with Crippen LogP contribution < -0.4 is 0 Å². The zero-order chi connectivity index (χ0) is 81.6. The van der Waals surface area contributed by atoms with Crippen molar-refractivity contribution in [2.24, 2.45) is 74.9 Å². The van der Waals surface area contributed by atoms with Gasteiger partial charge in [-0.3, -0.25) is 33.5 Å². The number of halogens is 3. The van der Waals surface area contributed by atoms with Crippen molar-refractivity contribution in [3.63, 3.8) is 0 Å². The topological polar surface area (TPSA) is 402 Å². The molecule has 30 nitrogen and oxygen atoms in total. The molecule has 634 valence electrons. The third kappa shape index (κ3) is 10.3. The molecule has 0 aromatic carbocycles. The lowest BCUT2D eigenvalue weighted by atomic mass is 9.57. The Morgan fingerprint density at radius 3 is 1.48 bits per heavy atom. The summed E-state index contributed by atoms with van der Waals surface area (Å²) in [6, 6.07) is 0. The van der Waals surface area contributed by atoms with Crippen LogP contribution in [0.4, 0.5) is 13.2 Å². The fourth-order valence-corrected chi connectivity index (χ4v) is 42.0. The number of alkyl halides is 3. The number of hydrogen-bond acceptors (Lipinski definition) is 30. The summed E-state index contributed by atoms with van der Waals surface area (Å²) < 4.78 is 297. The van der Waals surface area contributed by atoms with Crippen LogP contribution in [-0.4, -0.2) is 234 Å². The van der Waals surface area contributed by atoms with Crippen molar-refractivity contribution in [1.29, 1.82) is 0 Å². The highest BCUT2D eigenvalue weighted by Crippen LogP contribution is 2.82. The molecule has 24 aliphatic rings. The van der Waals surface area contributed by atoms with Crippen molar-refractivity contribution in [1.82, 2.24) is 0 Å². The molecular weight excluding hydrogens is 1630 g/mol. The lowest BCUT2D eigenvalue weighted by molar-refractivity contribution is -0.173. The number of hydrogen-bond donors (Lipinski definition) is 0. The molecule has 111 heavy (non-hydrogen) atoms. The fourth-order valence-electron chi connectivity index (χ4n) is 26.2. The molecule has 24 rings (SSSR count). The Kier molecular flexibility index (Phi) is 17.4. The Balaban J connectivity index is 0.0000000924. The predicted octanol–water partition coefficient (Wildman–Crippen LogP) is 5.94. The number of ether oxygens (including phenoxy) is 6. The van der Waals surface area contributed by atoms with Crippen LogP contribution in [0.1, 0.15) is 189 Å². The third-order valence-electron chi connectivity index (χ3n) is 34.3. The quantitative estimate of drug-likeness (QED) is 0.253. The fraction of sp³-hybridized carbons (Fsp3) is 1.00. The van der Waals surface area contributed by atoms with Crippen LogP contribution in [0.15, 0.2) is 0 Å². The largest absolute Gasteiger partial charge is 0.410 e. The second-order valence-corrected chi connectivity index (χ2v) is 53.5. The molecule has 24 fully saturated rings. The molecule has 16 bridgehead atoms. The van der Waals surface area contributed by atoms with Gasteiger partial charge in [-0.15, -0.1) is 0 Å². The highest BCUT2D eigenvalue weighted by molar-refractivity contribution is 7.89. The van der Waals surface area contributed by atoms with Gasteiger partial charge in [-0.05, 0) is 122 Å². The first-order chi connectivity index (χ1) is 50.3. The van der Waals surface area contributed by atoms with Crippen LogP contribution in [0.2, 0.25) is 0 Å². The van der Waals surface area contributed by atoms with Crippen molar-refractivity contribution >= 4 is 80.9 Å². The van der Waals surface area contributed by atoms with E-state index in [1.165, 1.54) is 0 Å². The molecule has 20 saturated heterocycles.